The largest absolute Gasteiger partial charge is 0.465 e. The van der Waals surface area contributed by atoms with Gasteiger partial charge in [0.1, 0.15) is 0 Å². The first-order chi connectivity index (χ1) is 15.4. The molecule has 0 aliphatic carbocycles. The molecule has 0 atom stereocenters. The van der Waals surface area contributed by atoms with Gasteiger partial charge < -0.3 is 9.47 Å². The third-order valence-corrected chi connectivity index (χ3v) is 5.97. The van der Waals surface area contributed by atoms with E-state index in [0.717, 1.165) is 25.7 Å². The highest BCUT2D eigenvalue weighted by Gasteiger charge is 2.22. The lowest BCUT2D eigenvalue weighted by Gasteiger charge is -2.23. The monoisotopic (exact) mass is 454 g/mol. The highest BCUT2D eigenvalue weighted by atomic mass is 16.5. The lowest BCUT2D eigenvalue weighted by atomic mass is 9.96. The number of hydrogen-bond donors (Lipinski definition) is 0. The number of ether oxygens (including phenoxy) is 2. The summed E-state index contributed by atoms with van der Waals surface area (Å²) in [6.45, 7) is 9.02. The molecule has 0 saturated heterocycles. The van der Waals surface area contributed by atoms with Crippen LogP contribution in [0.4, 0.5) is 0 Å². The van der Waals surface area contributed by atoms with Crippen LogP contribution in [0.15, 0.2) is 0 Å². The van der Waals surface area contributed by atoms with Gasteiger partial charge in [-0.2, -0.15) is 0 Å². The molecule has 0 bridgehead atoms. The molecule has 0 aromatic rings. The quantitative estimate of drug-likeness (QED) is 0.115. The second-order valence-electron chi connectivity index (χ2n) is 10.3. The average molecular weight is 455 g/mol. The lowest BCUT2D eigenvalue weighted by Crippen LogP contribution is -2.28. The van der Waals surface area contributed by atoms with Crippen LogP contribution in [-0.4, -0.2) is 25.2 Å². The molecule has 190 valence electrons. The average Bonchev–Trinajstić information content (AvgIpc) is 2.77. The minimum atomic E-state index is -0.344. The molecule has 32 heavy (non-hydrogen) atoms. The fraction of sp³-hybridized carbons (Fsp3) is 0.929. The molecule has 0 fully saturated rings. The zero-order valence-electron chi connectivity index (χ0n) is 22.0. The molecule has 0 rings (SSSR count). The molecule has 4 nitrogen and oxygen atoms in total. The van der Waals surface area contributed by atoms with E-state index >= 15 is 0 Å². The molecular formula is C28H54O4. The second-order valence-corrected chi connectivity index (χ2v) is 10.3. The predicted molar refractivity (Wildman–Crippen MR) is 135 cm³/mol. The molecule has 0 unspecified atom stereocenters. The molecule has 0 aliphatic rings. The number of esters is 2. The Kier molecular flexibility index (Phi) is 21.0. The standard InChI is InChI=1S/C28H54O4/c1-5-7-9-11-13-15-17-19-21-23-27(30)32-25-28(3,4)24-31-26(29)22-20-18-16-14-12-10-8-6-2/h5-25H2,1-4H3. The van der Waals surface area contributed by atoms with Crippen molar-refractivity contribution in [2.24, 2.45) is 5.41 Å². The SMILES string of the molecule is CCCCCCCCCCCC(=O)OCC(C)(C)COC(=O)CCCCCCCCCC. The minimum absolute atomic E-state index is 0.133. The van der Waals surface area contributed by atoms with Gasteiger partial charge in [-0.1, -0.05) is 124 Å². The van der Waals surface area contributed by atoms with Crippen molar-refractivity contribution in [3.63, 3.8) is 0 Å². The van der Waals surface area contributed by atoms with E-state index in [-0.39, 0.29) is 17.4 Å². The number of unbranched alkanes of at least 4 members (excludes halogenated alkanes) is 15. The third-order valence-electron chi connectivity index (χ3n) is 5.97. The van der Waals surface area contributed by atoms with Crippen LogP contribution >= 0.6 is 0 Å². The Morgan fingerprint density at radius 1 is 0.500 bits per heavy atom. The van der Waals surface area contributed by atoms with Crippen molar-refractivity contribution in [1.29, 1.82) is 0 Å². The van der Waals surface area contributed by atoms with Crippen molar-refractivity contribution < 1.29 is 19.1 Å². The van der Waals surface area contributed by atoms with E-state index < -0.39 is 0 Å². The summed E-state index contributed by atoms with van der Waals surface area (Å²) in [5.74, 6) is -0.267. The van der Waals surface area contributed by atoms with Crippen molar-refractivity contribution in [2.45, 2.75) is 150 Å². The summed E-state index contributed by atoms with van der Waals surface area (Å²) in [5, 5.41) is 0. The summed E-state index contributed by atoms with van der Waals surface area (Å²) in [4.78, 5) is 24.0. The molecule has 0 saturated carbocycles. The molecule has 0 heterocycles. The molecule has 0 spiro atoms. The maximum Gasteiger partial charge on any atom is 0.305 e. The molecule has 0 aliphatic heterocycles. The first kappa shape index (κ1) is 30.9. The first-order valence-corrected chi connectivity index (χ1v) is 13.7. The van der Waals surface area contributed by atoms with E-state index in [1.165, 1.54) is 83.5 Å². The number of carbonyl (C=O) groups is 2. The van der Waals surface area contributed by atoms with Crippen LogP contribution in [0, 0.1) is 5.41 Å². The van der Waals surface area contributed by atoms with Crippen LogP contribution in [0.5, 0.6) is 0 Å². The Balaban J connectivity index is 3.63. The molecule has 0 aromatic heterocycles. The molecule has 4 heteroatoms. The van der Waals surface area contributed by atoms with Crippen molar-refractivity contribution in [3.05, 3.63) is 0 Å². The summed E-state index contributed by atoms with van der Waals surface area (Å²) < 4.78 is 10.9. The van der Waals surface area contributed by atoms with Gasteiger partial charge in [-0.15, -0.1) is 0 Å². The van der Waals surface area contributed by atoms with E-state index in [4.69, 9.17) is 9.47 Å². The van der Waals surface area contributed by atoms with Crippen LogP contribution in [-0.2, 0) is 19.1 Å². The topological polar surface area (TPSA) is 52.6 Å². The summed E-state index contributed by atoms with van der Waals surface area (Å²) >= 11 is 0. The fourth-order valence-corrected chi connectivity index (χ4v) is 3.72. The smallest absolute Gasteiger partial charge is 0.305 e. The van der Waals surface area contributed by atoms with Crippen molar-refractivity contribution in [1.82, 2.24) is 0 Å². The van der Waals surface area contributed by atoms with Gasteiger partial charge in [0.05, 0.1) is 13.2 Å². The zero-order chi connectivity index (χ0) is 23.9. The molecule has 0 amide bonds. The van der Waals surface area contributed by atoms with E-state index in [2.05, 4.69) is 13.8 Å². The second kappa shape index (κ2) is 21.8. The van der Waals surface area contributed by atoms with Crippen LogP contribution < -0.4 is 0 Å². The molecule has 0 aromatic carbocycles. The zero-order valence-corrected chi connectivity index (χ0v) is 22.0. The van der Waals surface area contributed by atoms with Crippen LogP contribution in [0.2, 0.25) is 0 Å². The minimum Gasteiger partial charge on any atom is -0.465 e. The van der Waals surface area contributed by atoms with Gasteiger partial charge in [-0.05, 0) is 12.8 Å². The third kappa shape index (κ3) is 22.1. The van der Waals surface area contributed by atoms with Crippen molar-refractivity contribution in [3.8, 4) is 0 Å². The number of carbonyl (C=O) groups excluding carboxylic acids is 2. The number of rotatable bonds is 23. The molecular weight excluding hydrogens is 400 g/mol. The predicted octanol–water partition coefficient (Wildman–Crippen LogP) is 8.55. The Bertz CT molecular complexity index is 445. The van der Waals surface area contributed by atoms with E-state index in [1.807, 2.05) is 13.8 Å². The van der Waals surface area contributed by atoms with Crippen LogP contribution in [0.25, 0.3) is 0 Å². The highest BCUT2D eigenvalue weighted by Crippen LogP contribution is 2.18. The van der Waals surface area contributed by atoms with E-state index in [0.29, 0.717) is 26.1 Å². The van der Waals surface area contributed by atoms with Gasteiger partial charge >= 0.3 is 11.9 Å². The number of hydrogen-bond acceptors (Lipinski definition) is 4. The van der Waals surface area contributed by atoms with Crippen molar-refractivity contribution in [2.75, 3.05) is 13.2 Å². The molecule has 0 N–H and O–H groups in total. The maximum atomic E-state index is 12.0. The highest BCUT2D eigenvalue weighted by molar-refractivity contribution is 5.69. The Morgan fingerprint density at radius 3 is 1.09 bits per heavy atom. The van der Waals surface area contributed by atoms with Gasteiger partial charge in [0.25, 0.3) is 0 Å². The van der Waals surface area contributed by atoms with Gasteiger partial charge in [0.15, 0.2) is 0 Å². The van der Waals surface area contributed by atoms with Crippen LogP contribution in [0.1, 0.15) is 150 Å². The summed E-state index contributed by atoms with van der Waals surface area (Å²) in [6.07, 6.45) is 21.8. The van der Waals surface area contributed by atoms with E-state index in [9.17, 15) is 9.59 Å². The fourth-order valence-electron chi connectivity index (χ4n) is 3.72. The Morgan fingerprint density at radius 2 is 0.781 bits per heavy atom. The van der Waals surface area contributed by atoms with Gasteiger partial charge in [0.2, 0.25) is 0 Å². The summed E-state index contributed by atoms with van der Waals surface area (Å²) in [7, 11) is 0. The first-order valence-electron chi connectivity index (χ1n) is 13.7. The van der Waals surface area contributed by atoms with Gasteiger partial charge in [-0.3, -0.25) is 9.59 Å². The maximum absolute atomic E-state index is 12.0. The van der Waals surface area contributed by atoms with Gasteiger partial charge in [0, 0.05) is 18.3 Å². The lowest BCUT2D eigenvalue weighted by molar-refractivity contribution is -0.152. The van der Waals surface area contributed by atoms with Crippen molar-refractivity contribution >= 4 is 11.9 Å². The van der Waals surface area contributed by atoms with Gasteiger partial charge in [-0.25, -0.2) is 0 Å². The molecule has 0 radical (unpaired) electrons. The van der Waals surface area contributed by atoms with Crippen LogP contribution in [0.3, 0.4) is 0 Å². The Hall–Kier alpha value is -1.06. The summed E-state index contributed by atoms with van der Waals surface area (Å²) in [5.41, 5.74) is -0.344. The van der Waals surface area contributed by atoms with E-state index in [1.54, 1.807) is 0 Å². The normalized spacial score (nSPS) is 11.5. The Labute approximate surface area is 199 Å². The summed E-state index contributed by atoms with van der Waals surface area (Å²) in [6, 6.07) is 0.